The molecular formula is C13H14ClIN2O. The smallest absolute Gasteiger partial charge is 0.130 e. The van der Waals surface area contributed by atoms with Crippen molar-refractivity contribution in [2.75, 3.05) is 0 Å². The number of nitrogens with zero attached hydrogens (tertiary/aromatic N) is 2. The summed E-state index contributed by atoms with van der Waals surface area (Å²) in [5, 5.41) is 15.4. The molecular weight excluding hydrogens is 363 g/mol. The maximum absolute atomic E-state index is 10.8. The Hall–Kier alpha value is -0.590. The molecule has 1 aromatic carbocycles. The predicted octanol–water partition coefficient (Wildman–Crippen LogP) is 3.42. The topological polar surface area (TPSA) is 38.0 Å². The maximum atomic E-state index is 10.8. The van der Waals surface area contributed by atoms with E-state index in [1.54, 1.807) is 17.8 Å². The summed E-state index contributed by atoms with van der Waals surface area (Å²) in [5.41, 5.74) is 0.293. The molecule has 18 heavy (non-hydrogen) atoms. The zero-order valence-electron chi connectivity index (χ0n) is 10.2. The molecule has 0 spiro atoms. The molecule has 5 heteroatoms. The standard InChI is InChI=1S/C13H14ClIN2O/c1-3-17-12(11(14)8-16-17)13(2,18)9-4-6-10(15)7-5-9/h4-8,18H,3H2,1-2H3. The van der Waals surface area contributed by atoms with E-state index in [2.05, 4.69) is 27.7 Å². The molecule has 2 aromatic rings. The SMILES string of the molecule is CCn1ncc(Cl)c1C(C)(O)c1ccc(I)cc1. The fraction of sp³-hybridized carbons (Fsp3) is 0.308. The number of halogens is 2. The van der Waals surface area contributed by atoms with E-state index in [0.717, 1.165) is 9.13 Å². The third-order valence-electron chi connectivity index (χ3n) is 2.96. The van der Waals surface area contributed by atoms with Crippen molar-refractivity contribution in [3.05, 3.63) is 50.3 Å². The van der Waals surface area contributed by atoms with Gasteiger partial charge in [0.2, 0.25) is 0 Å². The van der Waals surface area contributed by atoms with Crippen LogP contribution in [0.5, 0.6) is 0 Å². The molecule has 0 bridgehead atoms. The molecule has 0 amide bonds. The Morgan fingerprint density at radius 3 is 2.56 bits per heavy atom. The Balaban J connectivity index is 2.53. The van der Waals surface area contributed by atoms with Crippen LogP contribution in [-0.4, -0.2) is 14.9 Å². The monoisotopic (exact) mass is 376 g/mol. The summed E-state index contributed by atoms with van der Waals surface area (Å²) < 4.78 is 2.85. The van der Waals surface area contributed by atoms with Crippen LogP contribution in [0.3, 0.4) is 0 Å². The third-order valence-corrected chi connectivity index (χ3v) is 3.96. The van der Waals surface area contributed by atoms with Gasteiger partial charge in [0.25, 0.3) is 0 Å². The molecule has 0 aliphatic carbocycles. The first-order valence-electron chi connectivity index (χ1n) is 5.67. The number of aryl methyl sites for hydroxylation is 1. The summed E-state index contributed by atoms with van der Waals surface area (Å²) in [7, 11) is 0. The van der Waals surface area contributed by atoms with Crippen molar-refractivity contribution in [1.82, 2.24) is 9.78 Å². The molecule has 1 unspecified atom stereocenters. The van der Waals surface area contributed by atoms with Crippen molar-refractivity contribution in [2.45, 2.75) is 26.0 Å². The van der Waals surface area contributed by atoms with Gasteiger partial charge in [-0.05, 0) is 54.1 Å². The van der Waals surface area contributed by atoms with Crippen molar-refractivity contribution in [3.8, 4) is 0 Å². The van der Waals surface area contributed by atoms with Crippen molar-refractivity contribution < 1.29 is 5.11 Å². The van der Waals surface area contributed by atoms with Crippen LogP contribution in [0.4, 0.5) is 0 Å². The molecule has 1 heterocycles. The lowest BCUT2D eigenvalue weighted by Gasteiger charge is -2.25. The minimum absolute atomic E-state index is 0.486. The van der Waals surface area contributed by atoms with E-state index in [-0.39, 0.29) is 0 Å². The zero-order chi connectivity index (χ0) is 13.3. The molecule has 2 rings (SSSR count). The Labute approximate surface area is 125 Å². The van der Waals surface area contributed by atoms with Gasteiger partial charge in [0.05, 0.1) is 16.9 Å². The molecule has 0 aliphatic heterocycles. The highest BCUT2D eigenvalue weighted by Crippen LogP contribution is 2.34. The van der Waals surface area contributed by atoms with Gasteiger partial charge in [-0.3, -0.25) is 4.68 Å². The lowest BCUT2D eigenvalue weighted by Crippen LogP contribution is -2.27. The van der Waals surface area contributed by atoms with Gasteiger partial charge >= 0.3 is 0 Å². The van der Waals surface area contributed by atoms with Gasteiger partial charge in [0.15, 0.2) is 0 Å². The van der Waals surface area contributed by atoms with Gasteiger partial charge in [-0.1, -0.05) is 23.7 Å². The minimum Gasteiger partial charge on any atom is -0.379 e. The van der Waals surface area contributed by atoms with Gasteiger partial charge in [-0.2, -0.15) is 5.10 Å². The lowest BCUT2D eigenvalue weighted by molar-refractivity contribution is 0.0918. The first-order valence-corrected chi connectivity index (χ1v) is 7.12. The van der Waals surface area contributed by atoms with Gasteiger partial charge < -0.3 is 5.11 Å². The van der Waals surface area contributed by atoms with Gasteiger partial charge in [-0.25, -0.2) is 0 Å². The van der Waals surface area contributed by atoms with E-state index >= 15 is 0 Å². The van der Waals surface area contributed by atoms with Crippen molar-refractivity contribution in [1.29, 1.82) is 0 Å². The second-order valence-electron chi connectivity index (χ2n) is 4.24. The van der Waals surface area contributed by atoms with E-state index in [1.807, 2.05) is 31.2 Å². The molecule has 1 aromatic heterocycles. The third kappa shape index (κ3) is 2.41. The Bertz CT molecular complexity index is 549. The number of hydrogen-bond donors (Lipinski definition) is 1. The van der Waals surface area contributed by atoms with Crippen molar-refractivity contribution in [2.24, 2.45) is 0 Å². The van der Waals surface area contributed by atoms with Crippen LogP contribution < -0.4 is 0 Å². The average molecular weight is 377 g/mol. The lowest BCUT2D eigenvalue weighted by atomic mass is 9.92. The van der Waals surface area contributed by atoms with E-state index in [0.29, 0.717) is 17.3 Å². The number of hydrogen-bond acceptors (Lipinski definition) is 2. The second kappa shape index (κ2) is 5.19. The first-order chi connectivity index (χ1) is 8.46. The summed E-state index contributed by atoms with van der Waals surface area (Å²) in [6, 6.07) is 7.74. The van der Waals surface area contributed by atoms with E-state index in [4.69, 9.17) is 11.6 Å². The Kier molecular flexibility index (Phi) is 3.99. The predicted molar refractivity (Wildman–Crippen MR) is 80.7 cm³/mol. The van der Waals surface area contributed by atoms with Crippen LogP contribution in [0.1, 0.15) is 25.1 Å². The highest BCUT2D eigenvalue weighted by atomic mass is 127. The largest absolute Gasteiger partial charge is 0.379 e. The summed E-state index contributed by atoms with van der Waals surface area (Å²) >= 11 is 8.38. The van der Waals surface area contributed by atoms with E-state index in [9.17, 15) is 5.11 Å². The minimum atomic E-state index is -1.14. The molecule has 96 valence electrons. The van der Waals surface area contributed by atoms with Crippen molar-refractivity contribution in [3.63, 3.8) is 0 Å². The summed E-state index contributed by atoms with van der Waals surface area (Å²) in [5.74, 6) is 0. The highest BCUT2D eigenvalue weighted by molar-refractivity contribution is 14.1. The fourth-order valence-corrected chi connectivity index (χ4v) is 2.68. The van der Waals surface area contributed by atoms with E-state index in [1.165, 1.54) is 0 Å². The Morgan fingerprint density at radius 1 is 1.39 bits per heavy atom. The van der Waals surface area contributed by atoms with Crippen LogP contribution >= 0.6 is 34.2 Å². The van der Waals surface area contributed by atoms with Gasteiger partial charge in [-0.15, -0.1) is 0 Å². The fourth-order valence-electron chi connectivity index (χ4n) is 2.00. The second-order valence-corrected chi connectivity index (χ2v) is 5.89. The van der Waals surface area contributed by atoms with Gasteiger partial charge in [0, 0.05) is 10.1 Å². The average Bonchev–Trinajstić information content (AvgIpc) is 2.71. The van der Waals surface area contributed by atoms with Crippen LogP contribution in [-0.2, 0) is 12.1 Å². The molecule has 0 saturated heterocycles. The van der Waals surface area contributed by atoms with Crippen LogP contribution in [0.2, 0.25) is 5.02 Å². The molecule has 0 radical (unpaired) electrons. The van der Waals surface area contributed by atoms with Crippen LogP contribution in [0.25, 0.3) is 0 Å². The zero-order valence-corrected chi connectivity index (χ0v) is 13.1. The molecule has 3 nitrogen and oxygen atoms in total. The number of aromatic nitrogens is 2. The quantitative estimate of drug-likeness (QED) is 0.834. The highest BCUT2D eigenvalue weighted by Gasteiger charge is 2.31. The Morgan fingerprint density at radius 2 is 2.00 bits per heavy atom. The first kappa shape index (κ1) is 13.8. The number of aliphatic hydroxyl groups is 1. The molecule has 1 atom stereocenters. The molecule has 0 saturated carbocycles. The van der Waals surface area contributed by atoms with Crippen molar-refractivity contribution >= 4 is 34.2 Å². The normalized spacial score (nSPS) is 14.5. The maximum Gasteiger partial charge on any atom is 0.130 e. The van der Waals surface area contributed by atoms with Crippen LogP contribution in [0, 0.1) is 3.57 Å². The van der Waals surface area contributed by atoms with Crippen LogP contribution in [0.15, 0.2) is 30.5 Å². The molecule has 1 N–H and O–H groups in total. The number of rotatable bonds is 3. The van der Waals surface area contributed by atoms with E-state index < -0.39 is 5.60 Å². The summed E-state index contributed by atoms with van der Waals surface area (Å²) in [6.45, 7) is 4.38. The molecule has 0 fully saturated rings. The van der Waals surface area contributed by atoms with Gasteiger partial charge in [0.1, 0.15) is 5.60 Å². The number of benzene rings is 1. The summed E-state index contributed by atoms with van der Waals surface area (Å²) in [6.07, 6.45) is 1.57. The summed E-state index contributed by atoms with van der Waals surface area (Å²) in [4.78, 5) is 0. The molecule has 0 aliphatic rings.